The number of fused-ring (bicyclic) bond motifs is 1. The molecule has 0 amide bonds. The van der Waals surface area contributed by atoms with E-state index in [0.29, 0.717) is 0 Å². The Balaban J connectivity index is 1.98. The summed E-state index contributed by atoms with van der Waals surface area (Å²) in [6.45, 7) is -0.740. The van der Waals surface area contributed by atoms with Gasteiger partial charge in [0, 0.05) is 11.6 Å². The van der Waals surface area contributed by atoms with Crippen LogP contribution >= 0.6 is 0 Å². The summed E-state index contributed by atoms with van der Waals surface area (Å²) < 4.78 is 27.1. The van der Waals surface area contributed by atoms with Gasteiger partial charge in [0.05, 0.1) is 20.8 Å². The monoisotopic (exact) mass is 508 g/mol. The first kappa shape index (κ1) is 25.3. The summed E-state index contributed by atoms with van der Waals surface area (Å²) in [5.74, 6) is -2.62. The van der Waals surface area contributed by atoms with Gasteiger partial charge in [-0.05, 0) is 18.2 Å². The third-order valence-electron chi connectivity index (χ3n) is 5.77. The largest absolute Gasteiger partial charge is 0.507 e. The summed E-state index contributed by atoms with van der Waals surface area (Å²) in [5, 5.41) is 70.1. The van der Waals surface area contributed by atoms with Crippen molar-refractivity contribution in [3.05, 3.63) is 34.5 Å². The number of methoxy groups -OCH3 is 2. The third-order valence-corrected chi connectivity index (χ3v) is 5.77. The zero-order valence-electron chi connectivity index (χ0n) is 19.0. The van der Waals surface area contributed by atoms with Gasteiger partial charge in [-0.15, -0.1) is 0 Å². The Morgan fingerprint density at radius 1 is 0.889 bits per heavy atom. The molecule has 13 heteroatoms. The molecule has 36 heavy (non-hydrogen) atoms. The van der Waals surface area contributed by atoms with Gasteiger partial charge in [-0.2, -0.15) is 0 Å². The lowest BCUT2D eigenvalue weighted by Gasteiger charge is -2.39. The third kappa shape index (κ3) is 4.12. The van der Waals surface area contributed by atoms with Crippen LogP contribution in [-0.2, 0) is 4.74 Å². The van der Waals surface area contributed by atoms with Gasteiger partial charge in [0.1, 0.15) is 35.6 Å². The van der Waals surface area contributed by atoms with Crippen molar-refractivity contribution in [2.45, 2.75) is 30.7 Å². The number of hydrogen-bond donors (Lipinski definition) is 7. The second-order valence-corrected chi connectivity index (χ2v) is 7.94. The van der Waals surface area contributed by atoms with Gasteiger partial charge in [-0.3, -0.25) is 4.79 Å². The number of rotatable bonds is 6. The predicted molar refractivity (Wildman–Crippen MR) is 120 cm³/mol. The summed E-state index contributed by atoms with van der Waals surface area (Å²) in [5.41, 5.74) is -1.21. The summed E-state index contributed by atoms with van der Waals surface area (Å²) in [4.78, 5) is 13.6. The normalized spacial score (nSPS) is 24.0. The summed E-state index contributed by atoms with van der Waals surface area (Å²) >= 11 is 0. The Morgan fingerprint density at radius 2 is 1.61 bits per heavy atom. The topological polar surface area (TPSA) is 209 Å². The van der Waals surface area contributed by atoms with E-state index in [1.54, 1.807) is 0 Å². The lowest BCUT2D eigenvalue weighted by atomic mass is 9.99. The molecule has 5 atom stereocenters. The van der Waals surface area contributed by atoms with E-state index in [1.165, 1.54) is 32.4 Å². The molecule has 1 fully saturated rings. The maximum Gasteiger partial charge on any atom is 0.239 e. The van der Waals surface area contributed by atoms with Crippen LogP contribution in [0.1, 0.15) is 0 Å². The molecule has 7 N–H and O–H groups in total. The van der Waals surface area contributed by atoms with Crippen LogP contribution in [0.15, 0.2) is 33.5 Å². The number of aromatic hydroxyl groups is 3. The van der Waals surface area contributed by atoms with Crippen molar-refractivity contribution in [1.29, 1.82) is 0 Å². The molecule has 1 aliphatic heterocycles. The minimum Gasteiger partial charge on any atom is -0.507 e. The van der Waals surface area contributed by atoms with E-state index in [-0.39, 0.29) is 34.2 Å². The van der Waals surface area contributed by atoms with Crippen molar-refractivity contribution < 1.29 is 59.1 Å². The molecule has 3 aromatic rings. The maximum atomic E-state index is 13.6. The molecular weight excluding hydrogens is 484 g/mol. The molecule has 1 aliphatic rings. The van der Waals surface area contributed by atoms with Crippen LogP contribution in [0.2, 0.25) is 0 Å². The fraction of sp³-hybridized carbons (Fsp3) is 0.348. The van der Waals surface area contributed by atoms with E-state index in [4.69, 9.17) is 23.4 Å². The Bertz CT molecular complexity index is 1330. The van der Waals surface area contributed by atoms with Crippen LogP contribution < -0.4 is 19.6 Å². The molecule has 0 aliphatic carbocycles. The van der Waals surface area contributed by atoms with Crippen LogP contribution in [0, 0.1) is 0 Å². The maximum absolute atomic E-state index is 13.6. The van der Waals surface area contributed by atoms with Crippen LogP contribution in [0.5, 0.6) is 34.5 Å². The van der Waals surface area contributed by atoms with Crippen molar-refractivity contribution >= 4 is 11.0 Å². The number of benzene rings is 2. The number of phenolic OH excluding ortho intramolecular Hbond substituents is 3. The lowest BCUT2D eigenvalue weighted by Crippen LogP contribution is -2.60. The van der Waals surface area contributed by atoms with E-state index in [0.717, 1.165) is 6.07 Å². The molecule has 1 aromatic heterocycles. The first-order valence-corrected chi connectivity index (χ1v) is 10.6. The Morgan fingerprint density at radius 3 is 2.25 bits per heavy atom. The number of hydrogen-bond acceptors (Lipinski definition) is 13. The number of aliphatic hydroxyl groups excluding tert-OH is 4. The Labute approximate surface area is 202 Å². The van der Waals surface area contributed by atoms with E-state index < -0.39 is 65.4 Å². The molecule has 0 bridgehead atoms. The second-order valence-electron chi connectivity index (χ2n) is 7.94. The van der Waals surface area contributed by atoms with Gasteiger partial charge >= 0.3 is 0 Å². The van der Waals surface area contributed by atoms with Gasteiger partial charge in [0.25, 0.3) is 0 Å². The predicted octanol–water partition coefficient (Wildman–Crippen LogP) is -0.227. The van der Waals surface area contributed by atoms with Gasteiger partial charge in [0.15, 0.2) is 28.6 Å². The lowest BCUT2D eigenvalue weighted by molar-refractivity contribution is -0.277. The molecule has 194 valence electrons. The highest BCUT2D eigenvalue weighted by atomic mass is 16.7. The Kier molecular flexibility index (Phi) is 6.84. The van der Waals surface area contributed by atoms with E-state index in [1.807, 2.05) is 0 Å². The zero-order valence-corrected chi connectivity index (χ0v) is 19.0. The minimum atomic E-state index is -1.86. The fourth-order valence-corrected chi connectivity index (χ4v) is 3.89. The van der Waals surface area contributed by atoms with E-state index in [2.05, 4.69) is 0 Å². The smallest absolute Gasteiger partial charge is 0.239 e. The summed E-state index contributed by atoms with van der Waals surface area (Å²) in [7, 11) is 2.49. The quantitative estimate of drug-likeness (QED) is 0.230. The number of aliphatic hydroxyl groups is 4. The first-order chi connectivity index (χ1) is 17.1. The molecular formula is C23H24O13. The van der Waals surface area contributed by atoms with Gasteiger partial charge in [-0.25, -0.2) is 0 Å². The highest BCUT2D eigenvalue weighted by Gasteiger charge is 2.45. The number of phenols is 3. The molecule has 1 saturated heterocycles. The molecule has 2 aromatic carbocycles. The van der Waals surface area contributed by atoms with Gasteiger partial charge in [-0.1, -0.05) is 0 Å². The summed E-state index contributed by atoms with van der Waals surface area (Å²) in [6, 6.07) is 4.75. The number of ether oxygens (including phenoxy) is 4. The molecule has 13 nitrogen and oxygen atoms in total. The van der Waals surface area contributed by atoms with Crippen LogP contribution in [0.25, 0.3) is 22.3 Å². The van der Waals surface area contributed by atoms with Crippen molar-refractivity contribution in [1.82, 2.24) is 0 Å². The molecule has 2 heterocycles. The standard InChI is InChI=1S/C23H24O13/c1-32-12-5-8(3-4-9(12)25)19-22(36-23-18(31)17(30)15(28)13(7-24)34-23)16(29)14-10(26)6-11(27)20(33-2)21(14)35-19/h3-6,13,15,17-18,23-28,30-31H,7H2,1-2H3/t13-,15+,17-,18-,23+/m1/s1. The van der Waals surface area contributed by atoms with Crippen LogP contribution in [-0.4, -0.2) is 87.3 Å². The highest BCUT2D eigenvalue weighted by molar-refractivity contribution is 5.93. The zero-order chi connectivity index (χ0) is 26.3. The molecule has 0 unspecified atom stereocenters. The summed E-state index contributed by atoms with van der Waals surface area (Å²) in [6.07, 6.45) is -8.42. The minimum absolute atomic E-state index is 0.000225. The highest BCUT2D eigenvalue weighted by Crippen LogP contribution is 2.44. The van der Waals surface area contributed by atoms with Crippen LogP contribution in [0.3, 0.4) is 0 Å². The second kappa shape index (κ2) is 9.72. The van der Waals surface area contributed by atoms with Crippen molar-refractivity contribution in [2.24, 2.45) is 0 Å². The molecule has 0 radical (unpaired) electrons. The van der Waals surface area contributed by atoms with Crippen LogP contribution in [0.4, 0.5) is 0 Å². The van der Waals surface area contributed by atoms with Gasteiger partial charge in [0.2, 0.25) is 23.2 Å². The van der Waals surface area contributed by atoms with Crippen molar-refractivity contribution in [3.63, 3.8) is 0 Å². The fourth-order valence-electron chi connectivity index (χ4n) is 3.89. The van der Waals surface area contributed by atoms with E-state index >= 15 is 0 Å². The van der Waals surface area contributed by atoms with Crippen molar-refractivity contribution in [2.75, 3.05) is 20.8 Å². The average molecular weight is 508 g/mol. The van der Waals surface area contributed by atoms with Crippen molar-refractivity contribution in [3.8, 4) is 45.8 Å². The van der Waals surface area contributed by atoms with Gasteiger partial charge < -0.3 is 59.1 Å². The molecule has 0 spiro atoms. The first-order valence-electron chi connectivity index (χ1n) is 10.6. The average Bonchev–Trinajstić information content (AvgIpc) is 2.85. The molecule has 0 saturated carbocycles. The van der Waals surface area contributed by atoms with E-state index in [9.17, 15) is 40.5 Å². The SMILES string of the molecule is COc1cc(-c2oc3c(OC)c(O)cc(O)c3c(=O)c2O[C@@H]2O[C@H](CO)[C@H](O)[C@@H](O)[C@H]2O)ccc1O. The Hall–Kier alpha value is -3.75. The molecule has 4 rings (SSSR count).